The van der Waals surface area contributed by atoms with Gasteiger partial charge in [-0.05, 0) is 31.0 Å². The van der Waals surface area contributed by atoms with Gasteiger partial charge in [0.15, 0.2) is 0 Å². The molecule has 0 unspecified atom stereocenters. The molecule has 0 aromatic heterocycles. The fourth-order valence-corrected chi connectivity index (χ4v) is 1.52. The van der Waals surface area contributed by atoms with Gasteiger partial charge in [0.2, 0.25) is 0 Å². The minimum Gasteiger partial charge on any atom is -0.411 e. The summed E-state index contributed by atoms with van der Waals surface area (Å²) in [5.41, 5.74) is 2.88. The molecule has 1 aromatic rings. The van der Waals surface area contributed by atoms with Crippen molar-refractivity contribution in [2.45, 2.75) is 13.8 Å². The van der Waals surface area contributed by atoms with E-state index in [1.807, 2.05) is 26.0 Å². The van der Waals surface area contributed by atoms with E-state index in [0.29, 0.717) is 5.02 Å². The maximum Gasteiger partial charge on any atom is 0.0751 e. The van der Waals surface area contributed by atoms with Crippen LogP contribution in [0.2, 0.25) is 5.02 Å². The van der Waals surface area contributed by atoms with Crippen LogP contribution in [0.4, 0.5) is 0 Å². The Labute approximate surface area is 76.5 Å². The van der Waals surface area contributed by atoms with E-state index in [0.717, 1.165) is 16.7 Å². The molecule has 0 radical (unpaired) electrons. The number of rotatable bonds is 1. The first-order chi connectivity index (χ1) is 5.65. The van der Waals surface area contributed by atoms with E-state index < -0.39 is 0 Å². The van der Waals surface area contributed by atoms with Gasteiger partial charge in [-0.2, -0.15) is 0 Å². The summed E-state index contributed by atoms with van der Waals surface area (Å²) in [4.78, 5) is 0. The normalized spacial score (nSPS) is 10.9. The lowest BCUT2D eigenvalue weighted by Crippen LogP contribution is -1.90. The van der Waals surface area contributed by atoms with Gasteiger partial charge in [0.05, 0.1) is 6.21 Å². The van der Waals surface area contributed by atoms with Crippen LogP contribution in [0.15, 0.2) is 17.3 Å². The summed E-state index contributed by atoms with van der Waals surface area (Å²) >= 11 is 5.91. The first-order valence-electron chi connectivity index (χ1n) is 3.59. The van der Waals surface area contributed by atoms with Gasteiger partial charge in [0.1, 0.15) is 0 Å². The van der Waals surface area contributed by atoms with Gasteiger partial charge in [-0.25, -0.2) is 0 Å². The average molecular weight is 184 g/mol. The number of nitrogens with zero attached hydrogens (tertiary/aromatic N) is 1. The SMILES string of the molecule is Cc1cc(C)c(C=NO)c(Cl)c1. The molecule has 0 heterocycles. The van der Waals surface area contributed by atoms with E-state index in [4.69, 9.17) is 16.8 Å². The summed E-state index contributed by atoms with van der Waals surface area (Å²) in [5.74, 6) is 0. The van der Waals surface area contributed by atoms with Crippen molar-refractivity contribution in [1.82, 2.24) is 0 Å². The van der Waals surface area contributed by atoms with Gasteiger partial charge >= 0.3 is 0 Å². The summed E-state index contributed by atoms with van der Waals surface area (Å²) in [6, 6.07) is 3.83. The molecular formula is C9H10ClNO. The second kappa shape index (κ2) is 3.59. The van der Waals surface area contributed by atoms with Crippen LogP contribution >= 0.6 is 11.6 Å². The lowest BCUT2D eigenvalue weighted by Gasteiger charge is -2.03. The average Bonchev–Trinajstić information content (AvgIpc) is 1.96. The van der Waals surface area contributed by atoms with Crippen molar-refractivity contribution >= 4 is 17.8 Å². The minimum atomic E-state index is 0.616. The summed E-state index contributed by atoms with van der Waals surface area (Å²) in [5, 5.41) is 11.9. The third-order valence-corrected chi connectivity index (χ3v) is 1.98. The Morgan fingerprint density at radius 1 is 1.42 bits per heavy atom. The first-order valence-corrected chi connectivity index (χ1v) is 3.97. The second-order valence-electron chi connectivity index (χ2n) is 2.72. The van der Waals surface area contributed by atoms with Gasteiger partial charge in [-0.15, -0.1) is 0 Å². The highest BCUT2D eigenvalue weighted by molar-refractivity contribution is 6.33. The summed E-state index contributed by atoms with van der Waals surface area (Å²) in [7, 11) is 0. The van der Waals surface area contributed by atoms with Crippen LogP contribution in [0.3, 0.4) is 0 Å². The van der Waals surface area contributed by atoms with E-state index in [1.165, 1.54) is 6.21 Å². The number of aryl methyl sites for hydroxylation is 2. The summed E-state index contributed by atoms with van der Waals surface area (Å²) in [6.07, 6.45) is 1.34. The summed E-state index contributed by atoms with van der Waals surface area (Å²) in [6.45, 7) is 3.90. The Bertz CT molecular complexity index is 297. The standard InChI is InChI=1S/C9H10ClNO/c1-6-3-7(2)8(5-11-12)9(10)4-6/h3-5,12H,1-2H3. The third-order valence-electron chi connectivity index (χ3n) is 1.67. The Morgan fingerprint density at radius 2 is 2.08 bits per heavy atom. The molecule has 1 rings (SSSR count). The number of halogens is 1. The third kappa shape index (κ3) is 1.77. The Balaban J connectivity index is 3.28. The zero-order chi connectivity index (χ0) is 9.14. The molecular weight excluding hydrogens is 174 g/mol. The van der Waals surface area contributed by atoms with Crippen molar-refractivity contribution in [2.75, 3.05) is 0 Å². The van der Waals surface area contributed by atoms with E-state index >= 15 is 0 Å². The summed E-state index contributed by atoms with van der Waals surface area (Å²) < 4.78 is 0. The van der Waals surface area contributed by atoms with Crippen molar-refractivity contribution in [1.29, 1.82) is 0 Å². The molecule has 0 aliphatic rings. The molecule has 0 saturated heterocycles. The molecule has 1 N–H and O–H groups in total. The maximum absolute atomic E-state index is 8.35. The van der Waals surface area contributed by atoms with Gasteiger partial charge in [0.25, 0.3) is 0 Å². The van der Waals surface area contributed by atoms with Crippen LogP contribution in [-0.4, -0.2) is 11.4 Å². The molecule has 0 bridgehead atoms. The highest BCUT2D eigenvalue weighted by Crippen LogP contribution is 2.19. The molecule has 0 amide bonds. The predicted octanol–water partition coefficient (Wildman–Crippen LogP) is 2.76. The highest BCUT2D eigenvalue weighted by Gasteiger charge is 2.01. The smallest absolute Gasteiger partial charge is 0.0751 e. The van der Waals surface area contributed by atoms with Crippen molar-refractivity contribution in [3.8, 4) is 0 Å². The Hall–Kier alpha value is -1.02. The van der Waals surface area contributed by atoms with Gasteiger partial charge in [-0.1, -0.05) is 22.8 Å². The largest absolute Gasteiger partial charge is 0.411 e. The predicted molar refractivity (Wildman–Crippen MR) is 50.3 cm³/mol. The molecule has 12 heavy (non-hydrogen) atoms. The van der Waals surface area contributed by atoms with Crippen molar-refractivity contribution in [3.63, 3.8) is 0 Å². The maximum atomic E-state index is 8.35. The van der Waals surface area contributed by atoms with Crippen molar-refractivity contribution < 1.29 is 5.21 Å². The highest BCUT2D eigenvalue weighted by atomic mass is 35.5. The molecule has 64 valence electrons. The van der Waals surface area contributed by atoms with Crippen LogP contribution in [0.25, 0.3) is 0 Å². The lowest BCUT2D eigenvalue weighted by molar-refractivity contribution is 0.322. The molecule has 2 nitrogen and oxygen atoms in total. The lowest BCUT2D eigenvalue weighted by atomic mass is 10.1. The Kier molecular flexibility index (Phi) is 2.71. The minimum absolute atomic E-state index is 0.616. The molecule has 0 aliphatic heterocycles. The number of hydrogen-bond acceptors (Lipinski definition) is 2. The zero-order valence-corrected chi connectivity index (χ0v) is 7.76. The van der Waals surface area contributed by atoms with Gasteiger partial charge in [0, 0.05) is 10.6 Å². The van der Waals surface area contributed by atoms with E-state index in [1.54, 1.807) is 0 Å². The number of benzene rings is 1. The first kappa shape index (κ1) is 9.07. The fraction of sp³-hybridized carbons (Fsp3) is 0.222. The van der Waals surface area contributed by atoms with Crippen LogP contribution in [0.1, 0.15) is 16.7 Å². The van der Waals surface area contributed by atoms with E-state index in [2.05, 4.69) is 5.16 Å². The van der Waals surface area contributed by atoms with Crippen molar-refractivity contribution in [3.05, 3.63) is 33.8 Å². The monoisotopic (exact) mass is 183 g/mol. The molecule has 1 aromatic carbocycles. The van der Waals surface area contributed by atoms with Gasteiger partial charge in [-0.3, -0.25) is 0 Å². The molecule has 3 heteroatoms. The molecule has 0 saturated carbocycles. The topological polar surface area (TPSA) is 32.6 Å². The fourth-order valence-electron chi connectivity index (χ4n) is 1.15. The van der Waals surface area contributed by atoms with Crippen LogP contribution in [0, 0.1) is 13.8 Å². The second-order valence-corrected chi connectivity index (χ2v) is 3.13. The van der Waals surface area contributed by atoms with E-state index in [-0.39, 0.29) is 0 Å². The number of hydrogen-bond donors (Lipinski definition) is 1. The molecule has 0 fully saturated rings. The van der Waals surface area contributed by atoms with E-state index in [9.17, 15) is 0 Å². The Morgan fingerprint density at radius 3 is 2.58 bits per heavy atom. The van der Waals surface area contributed by atoms with Crippen LogP contribution in [0.5, 0.6) is 0 Å². The zero-order valence-electron chi connectivity index (χ0n) is 7.00. The van der Waals surface area contributed by atoms with Gasteiger partial charge < -0.3 is 5.21 Å². The van der Waals surface area contributed by atoms with Crippen LogP contribution < -0.4 is 0 Å². The molecule has 0 atom stereocenters. The quantitative estimate of drug-likeness (QED) is 0.405. The molecule has 0 aliphatic carbocycles. The van der Waals surface area contributed by atoms with Crippen molar-refractivity contribution in [2.24, 2.45) is 5.16 Å². The number of oxime groups is 1. The van der Waals surface area contributed by atoms with Crippen LogP contribution in [-0.2, 0) is 0 Å². The molecule has 0 spiro atoms.